The van der Waals surface area contributed by atoms with Gasteiger partial charge >= 0.3 is 11.8 Å². The fourth-order valence-corrected chi connectivity index (χ4v) is 3.50. The highest BCUT2D eigenvalue weighted by Gasteiger charge is 2.17. The van der Waals surface area contributed by atoms with Gasteiger partial charge in [-0.25, -0.2) is 10.4 Å². The van der Waals surface area contributed by atoms with Gasteiger partial charge in [-0.2, -0.15) is 5.10 Å². The highest BCUT2D eigenvalue weighted by atomic mass is 35.5. The van der Waals surface area contributed by atoms with Gasteiger partial charge in [0, 0.05) is 16.9 Å². The number of carbonyl (C=O) groups is 3. The Kier molecular flexibility index (Phi) is 6.93. The minimum atomic E-state index is -0.832. The largest absolute Gasteiger partial charge is 0.458 e. The van der Waals surface area contributed by atoms with Crippen LogP contribution in [0.3, 0.4) is 0 Å². The van der Waals surface area contributed by atoms with Crippen LogP contribution in [0.2, 0.25) is 5.02 Å². The second kappa shape index (κ2) is 10.2. The van der Waals surface area contributed by atoms with E-state index in [1.54, 1.807) is 41.7 Å². The monoisotopic (exact) mass is 492 g/mol. The average molecular weight is 493 g/mol. The summed E-state index contributed by atoms with van der Waals surface area (Å²) in [6.07, 6.45) is 3.16. The number of furan rings is 1. The first-order valence-corrected chi connectivity index (χ1v) is 10.9. The van der Waals surface area contributed by atoms with Gasteiger partial charge < -0.3 is 15.1 Å². The lowest BCUT2D eigenvalue weighted by Crippen LogP contribution is -2.34. The lowest BCUT2D eigenvalue weighted by Gasteiger charge is -2.05. The van der Waals surface area contributed by atoms with Crippen molar-refractivity contribution in [2.45, 2.75) is 20.4 Å². The van der Waals surface area contributed by atoms with Gasteiger partial charge in [-0.1, -0.05) is 23.7 Å². The summed E-state index contributed by atoms with van der Waals surface area (Å²) in [4.78, 5) is 41.1. The number of halogens is 1. The Bertz CT molecular complexity index is 1460. The highest BCUT2D eigenvalue weighted by molar-refractivity contribution is 6.39. The van der Waals surface area contributed by atoms with E-state index in [-0.39, 0.29) is 6.54 Å². The molecule has 0 radical (unpaired) electrons. The number of aryl methyl sites for hydroxylation is 2. The number of hydrogen-bond donors (Lipinski definition) is 3. The summed E-state index contributed by atoms with van der Waals surface area (Å²) in [5.74, 6) is -1.33. The van der Waals surface area contributed by atoms with Crippen LogP contribution < -0.4 is 16.1 Å². The molecule has 4 aromatic rings. The van der Waals surface area contributed by atoms with E-state index in [0.29, 0.717) is 39.3 Å². The molecule has 3 N–H and O–H groups in total. The predicted molar refractivity (Wildman–Crippen MR) is 130 cm³/mol. The third kappa shape index (κ3) is 5.74. The molecule has 35 heavy (non-hydrogen) atoms. The van der Waals surface area contributed by atoms with Crippen LogP contribution in [0.5, 0.6) is 0 Å². The molecular formula is C24H21ClN6O4. The van der Waals surface area contributed by atoms with Gasteiger partial charge in [0.15, 0.2) is 0 Å². The first kappa shape index (κ1) is 23.7. The molecule has 3 amide bonds. The summed E-state index contributed by atoms with van der Waals surface area (Å²) >= 11 is 5.86. The third-order valence-electron chi connectivity index (χ3n) is 4.91. The number of pyridine rings is 1. The SMILES string of the molecule is Cc1ccc2nc(C)c(C(=O)N/N=C/c3ccc(CNC(=O)C(=O)Nc4cccc(Cl)c4)o3)n2c1. The minimum Gasteiger partial charge on any atom is -0.458 e. The van der Waals surface area contributed by atoms with Crippen LogP contribution in [0.15, 0.2) is 64.2 Å². The molecule has 0 bridgehead atoms. The molecule has 4 rings (SSSR count). The van der Waals surface area contributed by atoms with E-state index in [1.807, 2.05) is 25.3 Å². The molecule has 0 aliphatic heterocycles. The van der Waals surface area contributed by atoms with Gasteiger partial charge in [0.25, 0.3) is 5.91 Å². The van der Waals surface area contributed by atoms with E-state index in [9.17, 15) is 14.4 Å². The molecule has 0 aliphatic rings. The molecule has 0 saturated carbocycles. The Morgan fingerprint density at radius 3 is 2.74 bits per heavy atom. The number of amides is 3. The molecule has 3 heterocycles. The van der Waals surface area contributed by atoms with Gasteiger partial charge in [-0.3, -0.25) is 18.8 Å². The molecule has 1 aromatic carbocycles. The van der Waals surface area contributed by atoms with Gasteiger partial charge in [-0.15, -0.1) is 0 Å². The molecule has 0 spiro atoms. The highest BCUT2D eigenvalue weighted by Crippen LogP contribution is 2.15. The first-order valence-electron chi connectivity index (χ1n) is 10.5. The number of hydrazone groups is 1. The number of hydrogen-bond acceptors (Lipinski definition) is 6. The van der Waals surface area contributed by atoms with E-state index in [0.717, 1.165) is 5.56 Å². The molecule has 0 fully saturated rings. The van der Waals surface area contributed by atoms with Gasteiger partial charge in [0.05, 0.1) is 18.5 Å². The lowest BCUT2D eigenvalue weighted by atomic mass is 10.3. The lowest BCUT2D eigenvalue weighted by molar-refractivity contribution is -0.136. The van der Waals surface area contributed by atoms with Gasteiger partial charge in [0.2, 0.25) is 0 Å². The van der Waals surface area contributed by atoms with Crippen molar-refractivity contribution in [1.29, 1.82) is 0 Å². The van der Waals surface area contributed by atoms with E-state index in [2.05, 4.69) is 26.1 Å². The normalized spacial score (nSPS) is 11.1. The number of carbonyl (C=O) groups excluding carboxylic acids is 3. The summed E-state index contributed by atoms with van der Waals surface area (Å²) in [5.41, 5.74) is 5.50. The van der Waals surface area contributed by atoms with E-state index in [4.69, 9.17) is 16.0 Å². The fraction of sp³-hybridized carbons (Fsp3) is 0.125. The zero-order chi connectivity index (χ0) is 24.9. The zero-order valence-corrected chi connectivity index (χ0v) is 19.6. The van der Waals surface area contributed by atoms with Crippen LogP contribution >= 0.6 is 11.6 Å². The molecule has 178 valence electrons. The number of anilines is 1. The maximum Gasteiger partial charge on any atom is 0.313 e. The Morgan fingerprint density at radius 1 is 1.11 bits per heavy atom. The van der Waals surface area contributed by atoms with Crippen molar-refractivity contribution in [2.75, 3.05) is 5.32 Å². The summed E-state index contributed by atoms with van der Waals surface area (Å²) in [6.45, 7) is 3.67. The maximum absolute atomic E-state index is 12.6. The third-order valence-corrected chi connectivity index (χ3v) is 5.14. The molecule has 3 aromatic heterocycles. The van der Waals surface area contributed by atoms with Gasteiger partial charge in [0.1, 0.15) is 22.9 Å². The van der Waals surface area contributed by atoms with Crippen LogP contribution in [0.1, 0.15) is 33.3 Å². The number of nitrogens with zero attached hydrogens (tertiary/aromatic N) is 3. The standard InChI is InChI=1S/C24H21ClN6O4/c1-14-6-9-20-28-15(2)21(31(20)13-14)22(32)30-27-12-19-8-7-18(35-19)11-26-23(33)24(34)29-17-5-3-4-16(25)10-17/h3-10,12-13H,11H2,1-2H3,(H,26,33)(H,29,34)(H,30,32)/b27-12+. The van der Waals surface area contributed by atoms with Crippen molar-refractivity contribution in [3.63, 3.8) is 0 Å². The van der Waals surface area contributed by atoms with E-state index in [1.165, 1.54) is 12.3 Å². The minimum absolute atomic E-state index is 0.0115. The molecular weight excluding hydrogens is 472 g/mol. The average Bonchev–Trinajstić information content (AvgIpc) is 3.40. The Balaban J connectivity index is 1.30. The summed E-state index contributed by atoms with van der Waals surface area (Å²) < 4.78 is 7.26. The number of nitrogens with one attached hydrogen (secondary N) is 3. The van der Waals surface area contributed by atoms with Crippen molar-refractivity contribution in [1.82, 2.24) is 20.1 Å². The van der Waals surface area contributed by atoms with E-state index < -0.39 is 17.7 Å². The molecule has 11 heteroatoms. The van der Waals surface area contributed by atoms with Crippen molar-refractivity contribution in [3.05, 3.63) is 88.2 Å². The van der Waals surface area contributed by atoms with Crippen LogP contribution in [0, 0.1) is 13.8 Å². The molecule has 0 atom stereocenters. The number of rotatable bonds is 6. The second-order valence-electron chi connectivity index (χ2n) is 7.63. The number of fused-ring (bicyclic) bond motifs is 1. The van der Waals surface area contributed by atoms with Crippen molar-refractivity contribution in [3.8, 4) is 0 Å². The van der Waals surface area contributed by atoms with Gasteiger partial charge in [-0.05, 0) is 55.8 Å². The maximum atomic E-state index is 12.6. The first-order chi connectivity index (χ1) is 16.8. The summed E-state index contributed by atoms with van der Waals surface area (Å²) in [5, 5.41) is 9.30. The van der Waals surface area contributed by atoms with Crippen LogP contribution in [-0.2, 0) is 16.1 Å². The topological polar surface area (TPSA) is 130 Å². The Labute approximate surface area is 205 Å². The quantitative estimate of drug-likeness (QED) is 0.216. The van der Waals surface area contributed by atoms with Crippen molar-refractivity contribution in [2.24, 2.45) is 5.10 Å². The number of imidazole rings is 1. The second-order valence-corrected chi connectivity index (χ2v) is 8.07. The number of benzene rings is 1. The van der Waals surface area contributed by atoms with Crippen LogP contribution in [0.4, 0.5) is 5.69 Å². The van der Waals surface area contributed by atoms with Crippen molar-refractivity contribution >= 4 is 46.9 Å². The molecule has 10 nitrogen and oxygen atoms in total. The summed E-state index contributed by atoms with van der Waals surface area (Å²) in [6, 6.07) is 13.5. The smallest absolute Gasteiger partial charge is 0.313 e. The zero-order valence-electron chi connectivity index (χ0n) is 18.8. The molecule has 0 unspecified atom stereocenters. The Hall–Kier alpha value is -4.44. The predicted octanol–water partition coefficient (Wildman–Crippen LogP) is 3.22. The van der Waals surface area contributed by atoms with E-state index >= 15 is 0 Å². The Morgan fingerprint density at radius 2 is 1.94 bits per heavy atom. The van der Waals surface area contributed by atoms with Crippen molar-refractivity contribution < 1.29 is 18.8 Å². The molecule has 0 aliphatic carbocycles. The molecule has 0 saturated heterocycles. The number of aromatic nitrogens is 2. The summed E-state index contributed by atoms with van der Waals surface area (Å²) in [7, 11) is 0. The fourth-order valence-electron chi connectivity index (χ4n) is 3.31. The van der Waals surface area contributed by atoms with Crippen LogP contribution in [0.25, 0.3) is 5.65 Å². The van der Waals surface area contributed by atoms with Crippen LogP contribution in [-0.4, -0.2) is 33.3 Å².